The molecule has 1 aliphatic carbocycles. The van der Waals surface area contributed by atoms with Gasteiger partial charge in [-0.05, 0) is 37.1 Å². The lowest BCUT2D eigenvalue weighted by Crippen LogP contribution is -2.54. The molecule has 2 aromatic heterocycles. The molecular formula is C24H23N5O3. The zero-order chi connectivity index (χ0) is 22.1. The SMILES string of the molecule is O=C(NC1CC1)C(=O)N1CCN(C(=O)c2cc(-c3cccnc3)nc3ccccc23)CC1. The molecule has 3 heterocycles. The van der Waals surface area contributed by atoms with Crippen molar-refractivity contribution in [2.45, 2.75) is 18.9 Å². The first-order valence-corrected chi connectivity index (χ1v) is 10.8. The van der Waals surface area contributed by atoms with Gasteiger partial charge in [-0.1, -0.05) is 18.2 Å². The minimum Gasteiger partial charge on any atom is -0.345 e. The monoisotopic (exact) mass is 429 g/mol. The highest BCUT2D eigenvalue weighted by atomic mass is 16.2. The molecule has 8 nitrogen and oxygen atoms in total. The van der Waals surface area contributed by atoms with E-state index >= 15 is 0 Å². The van der Waals surface area contributed by atoms with Crippen LogP contribution < -0.4 is 5.32 Å². The molecule has 1 aromatic carbocycles. The molecule has 8 heteroatoms. The molecule has 0 atom stereocenters. The summed E-state index contributed by atoms with van der Waals surface area (Å²) in [5.41, 5.74) is 2.83. The van der Waals surface area contributed by atoms with Gasteiger partial charge in [0.1, 0.15) is 0 Å². The first-order chi connectivity index (χ1) is 15.6. The molecule has 0 radical (unpaired) electrons. The van der Waals surface area contributed by atoms with Crippen LogP contribution in [0.3, 0.4) is 0 Å². The van der Waals surface area contributed by atoms with E-state index in [-0.39, 0.29) is 11.9 Å². The lowest BCUT2D eigenvalue weighted by molar-refractivity contribution is -0.146. The minimum absolute atomic E-state index is 0.108. The summed E-state index contributed by atoms with van der Waals surface area (Å²) in [7, 11) is 0. The largest absolute Gasteiger partial charge is 0.345 e. The Morgan fingerprint density at radius 2 is 1.69 bits per heavy atom. The van der Waals surface area contributed by atoms with Crippen molar-refractivity contribution in [3.05, 3.63) is 60.4 Å². The topological polar surface area (TPSA) is 95.5 Å². The molecule has 0 unspecified atom stereocenters. The van der Waals surface area contributed by atoms with E-state index < -0.39 is 11.8 Å². The summed E-state index contributed by atoms with van der Waals surface area (Å²) in [5, 5.41) is 3.51. The van der Waals surface area contributed by atoms with E-state index in [4.69, 9.17) is 4.98 Å². The number of piperazine rings is 1. The fourth-order valence-electron chi connectivity index (χ4n) is 3.92. The van der Waals surface area contributed by atoms with E-state index in [2.05, 4.69) is 10.3 Å². The van der Waals surface area contributed by atoms with E-state index in [9.17, 15) is 14.4 Å². The summed E-state index contributed by atoms with van der Waals surface area (Å²) in [6, 6.07) is 13.3. The number of rotatable bonds is 3. The van der Waals surface area contributed by atoms with E-state index in [1.165, 1.54) is 4.90 Å². The molecule has 1 saturated heterocycles. The van der Waals surface area contributed by atoms with Gasteiger partial charge in [-0.2, -0.15) is 0 Å². The number of fused-ring (bicyclic) bond motifs is 1. The molecule has 2 fully saturated rings. The van der Waals surface area contributed by atoms with Crippen molar-refractivity contribution in [1.82, 2.24) is 25.1 Å². The molecule has 1 N–H and O–H groups in total. The van der Waals surface area contributed by atoms with Gasteiger partial charge in [-0.3, -0.25) is 19.4 Å². The maximum absolute atomic E-state index is 13.5. The van der Waals surface area contributed by atoms with E-state index in [0.29, 0.717) is 37.4 Å². The van der Waals surface area contributed by atoms with Crippen molar-refractivity contribution in [2.24, 2.45) is 0 Å². The van der Waals surface area contributed by atoms with Crippen molar-refractivity contribution in [3.63, 3.8) is 0 Å². The van der Waals surface area contributed by atoms with Gasteiger partial charge in [0.05, 0.1) is 16.8 Å². The van der Waals surface area contributed by atoms with Crippen LogP contribution in [-0.4, -0.2) is 69.7 Å². The minimum atomic E-state index is -0.548. The maximum Gasteiger partial charge on any atom is 0.312 e. The summed E-state index contributed by atoms with van der Waals surface area (Å²) < 4.78 is 0. The van der Waals surface area contributed by atoms with Crippen molar-refractivity contribution >= 4 is 28.6 Å². The summed E-state index contributed by atoms with van der Waals surface area (Å²) in [4.78, 5) is 50.0. The molecule has 3 aromatic rings. The second kappa shape index (κ2) is 8.37. The van der Waals surface area contributed by atoms with Gasteiger partial charge in [0.15, 0.2) is 0 Å². The van der Waals surface area contributed by atoms with Crippen LogP contribution in [0.25, 0.3) is 22.2 Å². The molecule has 5 rings (SSSR count). The van der Waals surface area contributed by atoms with Crippen LogP contribution in [0.2, 0.25) is 0 Å². The zero-order valence-electron chi connectivity index (χ0n) is 17.5. The molecular weight excluding hydrogens is 406 g/mol. The molecule has 1 saturated carbocycles. The normalized spacial score (nSPS) is 16.1. The number of pyridine rings is 2. The standard InChI is InChI=1S/C24H23N5O3/c30-22(26-17-7-8-17)24(32)29-12-10-28(11-13-29)23(31)19-14-21(16-4-3-9-25-15-16)27-20-6-2-1-5-18(19)20/h1-6,9,14-15,17H,7-8,10-13H2,(H,26,30). The van der Waals surface area contributed by atoms with Crippen LogP contribution in [0.4, 0.5) is 0 Å². The van der Waals surface area contributed by atoms with Gasteiger partial charge in [-0.25, -0.2) is 4.98 Å². The fraction of sp³-hybridized carbons (Fsp3) is 0.292. The van der Waals surface area contributed by atoms with Crippen molar-refractivity contribution < 1.29 is 14.4 Å². The Balaban J connectivity index is 1.36. The lowest BCUT2D eigenvalue weighted by atomic mass is 10.0. The van der Waals surface area contributed by atoms with Crippen LogP contribution in [0.1, 0.15) is 23.2 Å². The molecule has 0 bridgehead atoms. The third kappa shape index (κ3) is 4.03. The first-order valence-electron chi connectivity index (χ1n) is 10.8. The van der Waals surface area contributed by atoms with Crippen LogP contribution in [0, 0.1) is 0 Å². The number of benzene rings is 1. The Bertz CT molecular complexity index is 1180. The van der Waals surface area contributed by atoms with Crippen LogP contribution in [0.15, 0.2) is 54.9 Å². The second-order valence-corrected chi connectivity index (χ2v) is 8.15. The highest BCUT2D eigenvalue weighted by Gasteiger charge is 2.32. The molecule has 3 amide bonds. The number of carbonyl (C=O) groups excluding carboxylic acids is 3. The number of para-hydroxylation sites is 1. The van der Waals surface area contributed by atoms with Gasteiger partial charge >= 0.3 is 11.8 Å². The number of hydrogen-bond acceptors (Lipinski definition) is 5. The lowest BCUT2D eigenvalue weighted by Gasteiger charge is -2.34. The molecule has 0 spiro atoms. The third-order valence-electron chi connectivity index (χ3n) is 5.86. The van der Waals surface area contributed by atoms with Crippen LogP contribution in [0.5, 0.6) is 0 Å². The predicted molar refractivity (Wildman–Crippen MR) is 119 cm³/mol. The molecule has 2 aliphatic rings. The fourth-order valence-corrected chi connectivity index (χ4v) is 3.92. The van der Waals surface area contributed by atoms with E-state index in [1.807, 2.05) is 42.5 Å². The average molecular weight is 429 g/mol. The zero-order valence-corrected chi connectivity index (χ0v) is 17.5. The van der Waals surface area contributed by atoms with Gasteiger partial charge in [0.2, 0.25) is 0 Å². The van der Waals surface area contributed by atoms with Gasteiger partial charge in [0.25, 0.3) is 5.91 Å². The molecule has 32 heavy (non-hydrogen) atoms. The number of nitrogens with zero attached hydrogens (tertiary/aromatic N) is 4. The molecule has 162 valence electrons. The summed E-state index contributed by atoms with van der Waals surface area (Å²) >= 11 is 0. The first kappa shape index (κ1) is 20.1. The Labute approximate surface area is 185 Å². The second-order valence-electron chi connectivity index (χ2n) is 8.15. The molecule has 1 aliphatic heterocycles. The Kier molecular flexibility index (Phi) is 5.26. The number of aromatic nitrogens is 2. The summed E-state index contributed by atoms with van der Waals surface area (Å²) in [6.45, 7) is 1.42. The summed E-state index contributed by atoms with van der Waals surface area (Å²) in [6.07, 6.45) is 5.29. The smallest absolute Gasteiger partial charge is 0.312 e. The third-order valence-corrected chi connectivity index (χ3v) is 5.86. The number of carbonyl (C=O) groups is 3. The Morgan fingerprint density at radius 1 is 0.938 bits per heavy atom. The highest BCUT2D eigenvalue weighted by Crippen LogP contribution is 2.26. The van der Waals surface area contributed by atoms with Gasteiger partial charge in [-0.15, -0.1) is 0 Å². The Hall–Kier alpha value is -3.81. The van der Waals surface area contributed by atoms with E-state index in [1.54, 1.807) is 17.3 Å². The van der Waals surface area contributed by atoms with E-state index in [0.717, 1.165) is 29.3 Å². The van der Waals surface area contributed by atoms with Gasteiger partial charge < -0.3 is 15.1 Å². The quantitative estimate of drug-likeness (QED) is 0.642. The van der Waals surface area contributed by atoms with Gasteiger partial charge in [0, 0.05) is 55.6 Å². The average Bonchev–Trinajstić information content (AvgIpc) is 3.67. The predicted octanol–water partition coefficient (Wildman–Crippen LogP) is 1.86. The maximum atomic E-state index is 13.5. The summed E-state index contributed by atoms with van der Waals surface area (Å²) in [5.74, 6) is -1.17. The van der Waals surface area contributed by atoms with Crippen LogP contribution >= 0.6 is 0 Å². The van der Waals surface area contributed by atoms with Crippen LogP contribution in [-0.2, 0) is 9.59 Å². The van der Waals surface area contributed by atoms with Crippen molar-refractivity contribution in [1.29, 1.82) is 0 Å². The number of nitrogens with one attached hydrogen (secondary N) is 1. The number of amides is 3. The number of hydrogen-bond donors (Lipinski definition) is 1. The van der Waals surface area contributed by atoms with Crippen molar-refractivity contribution in [2.75, 3.05) is 26.2 Å². The highest BCUT2D eigenvalue weighted by molar-refractivity contribution is 6.35. The van der Waals surface area contributed by atoms with Crippen molar-refractivity contribution in [3.8, 4) is 11.3 Å². The Morgan fingerprint density at radius 3 is 2.41 bits per heavy atom.